The second-order valence-electron chi connectivity index (χ2n) is 8.53. The molecule has 1 aromatic carbocycles. The lowest BCUT2D eigenvalue weighted by Crippen LogP contribution is -2.46. The van der Waals surface area contributed by atoms with Gasteiger partial charge in [0, 0.05) is 12.0 Å². The van der Waals surface area contributed by atoms with Crippen LogP contribution in [-0.4, -0.2) is 48.3 Å². The monoisotopic (exact) mass is 509 g/mol. The smallest absolute Gasteiger partial charge is 0.329 e. The minimum absolute atomic E-state index is 0.263. The number of ether oxygens (including phenoxy) is 2. The molecule has 1 N–H and O–H groups in total. The number of carbonyl (C=O) groups excluding carboxylic acids is 3. The average molecular weight is 510 g/mol. The maximum atomic E-state index is 13.1. The van der Waals surface area contributed by atoms with Crippen molar-refractivity contribution < 1.29 is 28.3 Å². The van der Waals surface area contributed by atoms with E-state index in [1.54, 1.807) is 56.5 Å². The Morgan fingerprint density at radius 2 is 1.94 bits per heavy atom. The molecule has 0 unspecified atom stereocenters. The predicted octanol–water partition coefficient (Wildman–Crippen LogP) is 4.03. The molecule has 0 saturated heterocycles. The summed E-state index contributed by atoms with van der Waals surface area (Å²) in [5.74, 6) is -0.666. The largest absolute Gasteiger partial charge is 0.497 e. The number of rotatable bonds is 9. The molecule has 2 atom stereocenters. The molecule has 0 radical (unpaired) electrons. The van der Waals surface area contributed by atoms with E-state index in [-0.39, 0.29) is 5.92 Å². The fourth-order valence-electron chi connectivity index (χ4n) is 3.79. The summed E-state index contributed by atoms with van der Waals surface area (Å²) in [6.07, 6.45) is 2.03. The summed E-state index contributed by atoms with van der Waals surface area (Å²) in [5.41, 5.74) is 1.14. The standard InChI is InChI=1S/C26H27N3O6S/c1-16(2)24(27-25(31)17-8-10-18(33-3)11-9-17)26(32)35-15-23(30)29-20(21-6-4-12-34-21)14-19(28-29)22-7-5-13-36-22/h4-13,16,20,24H,14-15H2,1-3H3,(H,27,31)/t20-,24-/m0/s1. The predicted molar refractivity (Wildman–Crippen MR) is 134 cm³/mol. The van der Waals surface area contributed by atoms with Crippen LogP contribution in [0, 0.1) is 5.92 Å². The Hall–Kier alpha value is -3.92. The highest BCUT2D eigenvalue weighted by atomic mass is 32.1. The first-order valence-corrected chi connectivity index (χ1v) is 12.3. The number of furan rings is 1. The zero-order valence-electron chi connectivity index (χ0n) is 20.2. The summed E-state index contributed by atoms with van der Waals surface area (Å²) < 4.78 is 16.0. The number of esters is 1. The number of hydrogen-bond donors (Lipinski definition) is 1. The van der Waals surface area contributed by atoms with E-state index in [1.807, 2.05) is 17.5 Å². The highest BCUT2D eigenvalue weighted by molar-refractivity contribution is 7.12. The van der Waals surface area contributed by atoms with E-state index in [0.717, 1.165) is 10.6 Å². The molecule has 0 spiro atoms. The minimum atomic E-state index is -0.933. The maximum Gasteiger partial charge on any atom is 0.329 e. The average Bonchev–Trinajstić information content (AvgIpc) is 3.66. The lowest BCUT2D eigenvalue weighted by atomic mass is 10.0. The second-order valence-corrected chi connectivity index (χ2v) is 9.48. The van der Waals surface area contributed by atoms with E-state index in [9.17, 15) is 14.4 Å². The van der Waals surface area contributed by atoms with Crippen molar-refractivity contribution in [3.63, 3.8) is 0 Å². The van der Waals surface area contributed by atoms with Crippen molar-refractivity contribution >= 4 is 34.8 Å². The Bertz CT molecular complexity index is 1220. The van der Waals surface area contributed by atoms with Crippen LogP contribution >= 0.6 is 11.3 Å². The van der Waals surface area contributed by atoms with E-state index in [0.29, 0.717) is 23.5 Å². The molecule has 188 valence electrons. The van der Waals surface area contributed by atoms with Crippen LogP contribution in [0.15, 0.2) is 69.7 Å². The van der Waals surface area contributed by atoms with Gasteiger partial charge in [0.25, 0.3) is 11.8 Å². The van der Waals surface area contributed by atoms with Gasteiger partial charge in [-0.05, 0) is 53.8 Å². The first-order chi connectivity index (χ1) is 17.4. The summed E-state index contributed by atoms with van der Waals surface area (Å²) in [5, 5.41) is 10.5. The molecule has 2 amide bonds. The number of amides is 2. The Kier molecular flexibility index (Phi) is 7.84. The molecule has 0 fully saturated rings. The zero-order valence-corrected chi connectivity index (χ0v) is 21.0. The van der Waals surface area contributed by atoms with E-state index in [2.05, 4.69) is 10.4 Å². The van der Waals surface area contributed by atoms with Gasteiger partial charge in [-0.2, -0.15) is 5.10 Å². The van der Waals surface area contributed by atoms with Crippen molar-refractivity contribution in [1.82, 2.24) is 10.3 Å². The Balaban J connectivity index is 1.41. The third-order valence-electron chi connectivity index (χ3n) is 5.74. The maximum absolute atomic E-state index is 13.1. The molecule has 0 bridgehead atoms. The second kappa shape index (κ2) is 11.2. The fraction of sp³-hybridized carbons (Fsp3) is 0.308. The third-order valence-corrected chi connectivity index (χ3v) is 6.66. The van der Waals surface area contributed by atoms with Crippen LogP contribution < -0.4 is 10.1 Å². The quantitative estimate of drug-likeness (QED) is 0.436. The van der Waals surface area contributed by atoms with E-state index in [4.69, 9.17) is 13.9 Å². The highest BCUT2D eigenvalue weighted by Crippen LogP contribution is 2.34. The summed E-state index contributed by atoms with van der Waals surface area (Å²) in [4.78, 5) is 39.6. The number of thiophene rings is 1. The van der Waals surface area contributed by atoms with Gasteiger partial charge in [0.15, 0.2) is 6.61 Å². The molecule has 36 heavy (non-hydrogen) atoms. The van der Waals surface area contributed by atoms with Crippen molar-refractivity contribution in [2.24, 2.45) is 11.0 Å². The van der Waals surface area contributed by atoms with E-state index in [1.165, 1.54) is 23.5 Å². The van der Waals surface area contributed by atoms with Crippen LogP contribution in [0.2, 0.25) is 0 Å². The van der Waals surface area contributed by atoms with Crippen LogP contribution in [0.4, 0.5) is 0 Å². The molecule has 1 aliphatic heterocycles. The van der Waals surface area contributed by atoms with Crippen LogP contribution in [0.25, 0.3) is 0 Å². The zero-order chi connectivity index (χ0) is 25.7. The van der Waals surface area contributed by atoms with Crippen LogP contribution in [0.1, 0.15) is 47.3 Å². The topological polar surface area (TPSA) is 110 Å². The molecule has 3 aromatic rings. The molecule has 1 aliphatic rings. The minimum Gasteiger partial charge on any atom is -0.497 e. The Labute approximate surface area is 212 Å². The van der Waals surface area contributed by atoms with Gasteiger partial charge < -0.3 is 19.2 Å². The van der Waals surface area contributed by atoms with Crippen molar-refractivity contribution in [2.75, 3.05) is 13.7 Å². The van der Waals surface area contributed by atoms with Crippen molar-refractivity contribution in [1.29, 1.82) is 0 Å². The van der Waals surface area contributed by atoms with E-state index < -0.39 is 36.5 Å². The Morgan fingerprint density at radius 3 is 2.56 bits per heavy atom. The molecule has 10 heteroatoms. The lowest BCUT2D eigenvalue weighted by molar-refractivity contribution is -0.155. The first-order valence-electron chi connectivity index (χ1n) is 11.5. The molecule has 4 rings (SSSR count). The molecule has 3 heterocycles. The van der Waals surface area contributed by atoms with Gasteiger partial charge in [-0.3, -0.25) is 9.59 Å². The van der Waals surface area contributed by atoms with Crippen LogP contribution in [-0.2, 0) is 14.3 Å². The lowest BCUT2D eigenvalue weighted by Gasteiger charge is -2.23. The normalized spacial score (nSPS) is 15.9. The highest BCUT2D eigenvalue weighted by Gasteiger charge is 2.36. The van der Waals surface area contributed by atoms with Gasteiger partial charge in [0.2, 0.25) is 0 Å². The van der Waals surface area contributed by atoms with Gasteiger partial charge in [-0.25, -0.2) is 9.80 Å². The SMILES string of the molecule is COc1ccc(C(=O)N[C@H](C(=O)OCC(=O)N2N=C(c3cccs3)C[C@H]2c2ccco2)C(C)C)cc1. The van der Waals surface area contributed by atoms with Crippen LogP contribution in [0.5, 0.6) is 5.75 Å². The van der Waals surface area contributed by atoms with E-state index >= 15 is 0 Å². The van der Waals surface area contributed by atoms with Gasteiger partial charge in [-0.15, -0.1) is 11.3 Å². The number of hydrazone groups is 1. The summed E-state index contributed by atoms with van der Waals surface area (Å²) in [6, 6.07) is 12.6. The van der Waals surface area contributed by atoms with Crippen molar-refractivity contribution in [3.05, 3.63) is 76.4 Å². The number of nitrogens with zero attached hydrogens (tertiary/aromatic N) is 2. The number of benzene rings is 1. The summed E-state index contributed by atoms with van der Waals surface area (Å²) in [6.45, 7) is 3.05. The van der Waals surface area contributed by atoms with Gasteiger partial charge in [0.1, 0.15) is 23.6 Å². The number of carbonyl (C=O) groups is 3. The van der Waals surface area contributed by atoms with Gasteiger partial charge >= 0.3 is 5.97 Å². The van der Waals surface area contributed by atoms with Crippen LogP contribution in [0.3, 0.4) is 0 Å². The number of hydrogen-bond acceptors (Lipinski definition) is 8. The fourth-order valence-corrected chi connectivity index (χ4v) is 4.51. The first kappa shape index (κ1) is 25.2. The van der Waals surface area contributed by atoms with Crippen molar-refractivity contribution in [3.8, 4) is 5.75 Å². The van der Waals surface area contributed by atoms with Gasteiger partial charge in [0.05, 0.1) is 24.0 Å². The summed E-state index contributed by atoms with van der Waals surface area (Å²) in [7, 11) is 1.54. The molecular formula is C26H27N3O6S. The molecule has 9 nitrogen and oxygen atoms in total. The molecule has 0 aliphatic carbocycles. The number of nitrogens with one attached hydrogen (secondary N) is 1. The van der Waals surface area contributed by atoms with Crippen molar-refractivity contribution in [2.45, 2.75) is 32.4 Å². The molecular weight excluding hydrogens is 482 g/mol. The number of methoxy groups -OCH3 is 1. The summed E-state index contributed by atoms with van der Waals surface area (Å²) >= 11 is 1.53. The Morgan fingerprint density at radius 1 is 1.17 bits per heavy atom. The molecule has 0 saturated carbocycles. The van der Waals surface area contributed by atoms with Gasteiger partial charge in [-0.1, -0.05) is 19.9 Å². The third kappa shape index (κ3) is 5.65. The molecule has 2 aromatic heterocycles.